The van der Waals surface area contributed by atoms with E-state index in [4.69, 9.17) is 0 Å². The van der Waals surface area contributed by atoms with E-state index in [2.05, 4.69) is 54.3 Å². The number of rotatable bonds is 1. The van der Waals surface area contributed by atoms with Gasteiger partial charge >= 0.3 is 0 Å². The largest absolute Gasteiger partial charge is 0.364 e. The van der Waals surface area contributed by atoms with Crippen LogP contribution in [-0.4, -0.2) is 12.6 Å². The summed E-state index contributed by atoms with van der Waals surface area (Å²) in [7, 11) is 0. The quantitative estimate of drug-likeness (QED) is 0.688. The summed E-state index contributed by atoms with van der Waals surface area (Å²) in [6.07, 6.45) is 9.00. The number of hydrogen-bond donors (Lipinski definition) is 0. The smallest absolute Gasteiger partial charge is 0.0405 e. The Morgan fingerprint density at radius 3 is 3.00 bits per heavy atom. The minimum Gasteiger partial charge on any atom is -0.364 e. The van der Waals surface area contributed by atoms with Crippen molar-refractivity contribution in [2.45, 2.75) is 25.8 Å². The number of para-hydroxylation sites is 1. The fourth-order valence-corrected chi connectivity index (χ4v) is 2.86. The number of hydrogen-bond acceptors (Lipinski definition) is 1. The molecule has 1 aromatic carbocycles. The Kier molecular flexibility index (Phi) is 2.32. The van der Waals surface area contributed by atoms with Crippen molar-refractivity contribution in [3.05, 3.63) is 53.6 Å². The minimum absolute atomic E-state index is 0.717. The molecule has 0 spiro atoms. The number of allylic oxidation sites excluding steroid dienone is 3. The van der Waals surface area contributed by atoms with Gasteiger partial charge in [0.25, 0.3) is 0 Å². The first-order valence-electron chi connectivity index (χ1n) is 6.04. The van der Waals surface area contributed by atoms with Crippen molar-refractivity contribution >= 4 is 5.69 Å². The van der Waals surface area contributed by atoms with Gasteiger partial charge in [0.2, 0.25) is 0 Å². The van der Waals surface area contributed by atoms with E-state index < -0.39 is 0 Å². The molecule has 16 heavy (non-hydrogen) atoms. The zero-order chi connectivity index (χ0) is 11.0. The molecule has 1 saturated heterocycles. The van der Waals surface area contributed by atoms with Crippen molar-refractivity contribution in [1.82, 2.24) is 0 Å². The summed E-state index contributed by atoms with van der Waals surface area (Å²) in [5, 5.41) is 0. The minimum atomic E-state index is 0.717. The molecule has 1 fully saturated rings. The van der Waals surface area contributed by atoms with E-state index in [-0.39, 0.29) is 0 Å². The number of nitrogens with zero attached hydrogens (tertiary/aromatic N) is 1. The molecule has 1 heteroatoms. The third-order valence-electron chi connectivity index (χ3n) is 3.59. The molecule has 0 aliphatic carbocycles. The van der Waals surface area contributed by atoms with Gasteiger partial charge in [-0.2, -0.15) is 0 Å². The van der Waals surface area contributed by atoms with Crippen molar-refractivity contribution in [3.8, 4) is 0 Å². The van der Waals surface area contributed by atoms with Crippen molar-refractivity contribution < 1.29 is 0 Å². The van der Waals surface area contributed by atoms with Gasteiger partial charge in [-0.25, -0.2) is 0 Å². The van der Waals surface area contributed by atoms with Crippen molar-refractivity contribution in [1.29, 1.82) is 0 Å². The van der Waals surface area contributed by atoms with Crippen LogP contribution < -0.4 is 4.90 Å². The maximum absolute atomic E-state index is 2.56. The van der Waals surface area contributed by atoms with Crippen molar-refractivity contribution in [2.24, 2.45) is 0 Å². The molecule has 1 atom stereocenters. The predicted octanol–water partition coefficient (Wildman–Crippen LogP) is 3.32. The molecule has 1 aromatic rings. The standard InChI is InChI=1S/C15H17N/c1-2-3-6-12-9-14-10-13-7-4-5-8-15(13)16(14)11-12/h2-8,14H,9-11H2,1H3/b3-2-,12-6-. The van der Waals surface area contributed by atoms with E-state index in [1.165, 1.54) is 24.1 Å². The third kappa shape index (κ3) is 1.47. The molecule has 82 valence electrons. The van der Waals surface area contributed by atoms with Crippen molar-refractivity contribution in [3.63, 3.8) is 0 Å². The van der Waals surface area contributed by atoms with Gasteiger partial charge in [-0.3, -0.25) is 0 Å². The molecule has 0 amide bonds. The molecule has 2 aliphatic rings. The molecule has 2 aliphatic heterocycles. The molecular formula is C15H17N. The van der Waals surface area contributed by atoms with Gasteiger partial charge in [-0.05, 0) is 37.0 Å². The molecule has 0 N–H and O–H groups in total. The second-order valence-electron chi connectivity index (χ2n) is 4.67. The zero-order valence-corrected chi connectivity index (χ0v) is 9.69. The molecule has 1 nitrogen and oxygen atoms in total. The monoisotopic (exact) mass is 211 g/mol. The first kappa shape index (κ1) is 9.71. The second-order valence-corrected chi connectivity index (χ2v) is 4.67. The lowest BCUT2D eigenvalue weighted by molar-refractivity contribution is 0.720. The van der Waals surface area contributed by atoms with Crippen LogP contribution in [-0.2, 0) is 6.42 Å². The highest BCUT2D eigenvalue weighted by Crippen LogP contribution is 2.39. The number of fused-ring (bicyclic) bond motifs is 3. The highest BCUT2D eigenvalue weighted by atomic mass is 15.2. The summed E-state index contributed by atoms with van der Waals surface area (Å²) in [5.74, 6) is 0. The van der Waals surface area contributed by atoms with Crippen LogP contribution in [0.3, 0.4) is 0 Å². The summed E-state index contributed by atoms with van der Waals surface area (Å²) < 4.78 is 0. The van der Waals surface area contributed by atoms with Crippen LogP contribution in [0.15, 0.2) is 48.1 Å². The summed E-state index contributed by atoms with van der Waals surface area (Å²) in [4.78, 5) is 2.56. The highest BCUT2D eigenvalue weighted by Gasteiger charge is 2.34. The van der Waals surface area contributed by atoms with Gasteiger partial charge in [-0.1, -0.05) is 36.4 Å². The van der Waals surface area contributed by atoms with Gasteiger partial charge in [0, 0.05) is 18.3 Å². The summed E-state index contributed by atoms with van der Waals surface area (Å²) in [6.45, 7) is 3.19. The molecule has 0 saturated carbocycles. The normalized spacial score (nSPS) is 25.4. The fraction of sp³-hybridized carbons (Fsp3) is 0.333. The van der Waals surface area contributed by atoms with E-state index in [0.29, 0.717) is 6.04 Å². The van der Waals surface area contributed by atoms with E-state index in [1.54, 1.807) is 5.57 Å². The SMILES string of the molecule is C/C=C\C=C1\CC2Cc3ccccc3N2C1. The Balaban J connectivity index is 1.87. The summed E-state index contributed by atoms with van der Waals surface area (Å²) >= 11 is 0. The van der Waals surface area contributed by atoms with Gasteiger partial charge in [0.05, 0.1) is 0 Å². The van der Waals surface area contributed by atoms with Gasteiger partial charge < -0.3 is 4.90 Å². The Labute approximate surface area is 97.1 Å². The van der Waals surface area contributed by atoms with Crippen LogP contribution in [0.5, 0.6) is 0 Å². The van der Waals surface area contributed by atoms with Gasteiger partial charge in [-0.15, -0.1) is 0 Å². The van der Waals surface area contributed by atoms with Crippen LogP contribution in [0, 0.1) is 0 Å². The van der Waals surface area contributed by atoms with Crippen LogP contribution in [0.2, 0.25) is 0 Å². The molecule has 2 heterocycles. The molecule has 3 rings (SSSR count). The van der Waals surface area contributed by atoms with Crippen LogP contribution in [0.25, 0.3) is 0 Å². The van der Waals surface area contributed by atoms with E-state index in [9.17, 15) is 0 Å². The van der Waals surface area contributed by atoms with Crippen LogP contribution >= 0.6 is 0 Å². The number of anilines is 1. The fourth-order valence-electron chi connectivity index (χ4n) is 2.86. The Morgan fingerprint density at radius 1 is 1.25 bits per heavy atom. The highest BCUT2D eigenvalue weighted by molar-refractivity contribution is 5.62. The second kappa shape index (κ2) is 3.82. The van der Waals surface area contributed by atoms with Crippen LogP contribution in [0.1, 0.15) is 18.9 Å². The Morgan fingerprint density at radius 2 is 2.12 bits per heavy atom. The maximum Gasteiger partial charge on any atom is 0.0405 e. The van der Waals surface area contributed by atoms with Crippen LogP contribution in [0.4, 0.5) is 5.69 Å². The first-order valence-corrected chi connectivity index (χ1v) is 6.04. The zero-order valence-electron chi connectivity index (χ0n) is 9.69. The molecule has 1 unspecified atom stereocenters. The van der Waals surface area contributed by atoms with E-state index in [0.717, 1.165) is 6.54 Å². The van der Waals surface area contributed by atoms with Gasteiger partial charge in [0.1, 0.15) is 0 Å². The molecule has 0 radical (unpaired) electrons. The van der Waals surface area contributed by atoms with E-state index >= 15 is 0 Å². The first-order chi connectivity index (χ1) is 7.88. The lowest BCUT2D eigenvalue weighted by Crippen LogP contribution is -2.24. The maximum atomic E-state index is 2.56. The molecule has 0 bridgehead atoms. The number of benzene rings is 1. The Bertz CT molecular complexity index is 456. The third-order valence-corrected chi connectivity index (χ3v) is 3.59. The van der Waals surface area contributed by atoms with Gasteiger partial charge in [0.15, 0.2) is 0 Å². The Hall–Kier alpha value is -1.50. The average molecular weight is 211 g/mol. The lowest BCUT2D eigenvalue weighted by atomic mass is 10.0. The summed E-state index contributed by atoms with van der Waals surface area (Å²) in [6, 6.07) is 9.54. The molecule has 0 aromatic heterocycles. The van der Waals surface area contributed by atoms with Crippen molar-refractivity contribution in [2.75, 3.05) is 11.4 Å². The topological polar surface area (TPSA) is 3.24 Å². The predicted molar refractivity (Wildman–Crippen MR) is 68.8 cm³/mol. The molecular weight excluding hydrogens is 194 g/mol. The average Bonchev–Trinajstić information content (AvgIpc) is 2.83. The van der Waals surface area contributed by atoms with E-state index in [1.807, 2.05) is 0 Å². The summed E-state index contributed by atoms with van der Waals surface area (Å²) in [5.41, 5.74) is 4.55. The lowest BCUT2D eigenvalue weighted by Gasteiger charge is -2.17.